The molecule has 1 amide bonds. The van der Waals surface area contributed by atoms with Gasteiger partial charge in [0.25, 0.3) is 0 Å². The third kappa shape index (κ3) is 4.13. The Morgan fingerprint density at radius 1 is 1.40 bits per heavy atom. The molecule has 0 saturated carbocycles. The number of hydrogen-bond donors (Lipinski definition) is 1. The maximum absolute atomic E-state index is 11.6. The number of methoxy groups -OCH3 is 1. The maximum atomic E-state index is 11.6. The van der Waals surface area contributed by atoms with Crippen LogP contribution in [-0.2, 0) is 11.3 Å². The van der Waals surface area contributed by atoms with Crippen LogP contribution in [0.1, 0.15) is 19.4 Å². The summed E-state index contributed by atoms with van der Waals surface area (Å²) in [6.45, 7) is 5.08. The number of benzene rings is 1. The molecule has 1 atom stereocenters. The minimum absolute atomic E-state index is 0.00500. The fourth-order valence-electron chi connectivity index (χ4n) is 1.92. The molecule has 20 heavy (non-hydrogen) atoms. The molecule has 0 aliphatic carbocycles. The molecule has 0 aliphatic heterocycles. The van der Waals surface area contributed by atoms with E-state index in [2.05, 4.69) is 5.32 Å². The first kappa shape index (κ1) is 16.3. The Hall–Kier alpha value is -1.75. The number of carbonyl (C=O) groups is 1. The number of nitrogens with zero attached hydrogens (tertiary/aromatic N) is 1. The molecule has 5 heteroatoms. The van der Waals surface area contributed by atoms with E-state index in [1.807, 2.05) is 44.0 Å². The number of hydrogen-bond acceptors (Lipinski definition) is 4. The van der Waals surface area contributed by atoms with Crippen LogP contribution in [0.4, 0.5) is 0 Å². The molecule has 1 aromatic carbocycles. The second kappa shape index (κ2) is 7.75. The fraction of sp³-hybridized carbons (Fsp3) is 0.533. The molecule has 0 saturated heterocycles. The monoisotopic (exact) mass is 280 g/mol. The second-order valence-corrected chi connectivity index (χ2v) is 4.62. The van der Waals surface area contributed by atoms with Gasteiger partial charge in [-0.1, -0.05) is 6.07 Å². The molecular weight excluding hydrogens is 256 g/mol. The van der Waals surface area contributed by atoms with Gasteiger partial charge in [-0.05, 0) is 38.6 Å². The molecule has 0 unspecified atom stereocenters. The molecule has 1 N–H and O–H groups in total. The van der Waals surface area contributed by atoms with Gasteiger partial charge in [-0.2, -0.15) is 0 Å². The van der Waals surface area contributed by atoms with Crippen LogP contribution in [0.5, 0.6) is 11.5 Å². The maximum Gasteiger partial charge on any atom is 0.236 e. The van der Waals surface area contributed by atoms with Crippen LogP contribution in [0, 0.1) is 0 Å². The Morgan fingerprint density at radius 2 is 2.10 bits per heavy atom. The lowest BCUT2D eigenvalue weighted by atomic mass is 10.1. The zero-order valence-electron chi connectivity index (χ0n) is 12.9. The summed E-state index contributed by atoms with van der Waals surface area (Å²) < 4.78 is 10.8. The second-order valence-electron chi connectivity index (χ2n) is 4.62. The summed E-state index contributed by atoms with van der Waals surface area (Å²) in [6.07, 6.45) is 0. The molecule has 112 valence electrons. The van der Waals surface area contributed by atoms with Gasteiger partial charge in [0.15, 0.2) is 11.5 Å². The molecule has 1 rings (SSSR count). The molecule has 1 aromatic rings. The average Bonchev–Trinajstić information content (AvgIpc) is 2.47. The smallest absolute Gasteiger partial charge is 0.236 e. The van der Waals surface area contributed by atoms with Crippen LogP contribution in [0.3, 0.4) is 0 Å². The van der Waals surface area contributed by atoms with Crippen molar-refractivity contribution in [1.82, 2.24) is 10.2 Å². The van der Waals surface area contributed by atoms with E-state index in [1.165, 1.54) is 0 Å². The first-order valence-corrected chi connectivity index (χ1v) is 6.75. The summed E-state index contributed by atoms with van der Waals surface area (Å²) >= 11 is 0. The van der Waals surface area contributed by atoms with Gasteiger partial charge in [0.05, 0.1) is 19.8 Å². The third-order valence-electron chi connectivity index (χ3n) is 3.25. The standard InChI is InChI=1S/C15H24N2O3/c1-6-20-13-8-7-12(9-14(13)19-5)10-17(4)11(2)15(18)16-3/h7-9,11H,6,10H2,1-5H3,(H,16,18)/t11-/m0/s1. The summed E-state index contributed by atoms with van der Waals surface area (Å²) in [7, 11) is 5.19. The number of carbonyl (C=O) groups excluding carboxylic acids is 1. The number of ether oxygens (including phenoxy) is 2. The van der Waals surface area contributed by atoms with Crippen LogP contribution in [0.25, 0.3) is 0 Å². The van der Waals surface area contributed by atoms with E-state index in [9.17, 15) is 4.79 Å². The third-order valence-corrected chi connectivity index (χ3v) is 3.25. The number of nitrogens with one attached hydrogen (secondary N) is 1. The number of amides is 1. The lowest BCUT2D eigenvalue weighted by molar-refractivity contribution is -0.125. The summed E-state index contributed by atoms with van der Waals surface area (Å²) in [6, 6.07) is 5.65. The van der Waals surface area contributed by atoms with Crippen LogP contribution in [0.15, 0.2) is 18.2 Å². The minimum atomic E-state index is -0.183. The van der Waals surface area contributed by atoms with Crippen molar-refractivity contribution in [3.8, 4) is 11.5 Å². The van der Waals surface area contributed by atoms with Gasteiger partial charge < -0.3 is 14.8 Å². The Morgan fingerprint density at radius 3 is 2.65 bits per heavy atom. The van der Waals surface area contributed by atoms with E-state index < -0.39 is 0 Å². The Bertz CT molecular complexity index is 449. The van der Waals surface area contributed by atoms with E-state index in [1.54, 1.807) is 14.2 Å². The van der Waals surface area contributed by atoms with Crippen molar-refractivity contribution >= 4 is 5.91 Å². The van der Waals surface area contributed by atoms with Crippen molar-refractivity contribution in [3.63, 3.8) is 0 Å². The van der Waals surface area contributed by atoms with Crippen molar-refractivity contribution < 1.29 is 14.3 Å². The molecule has 0 heterocycles. The van der Waals surface area contributed by atoms with Crippen molar-refractivity contribution in [3.05, 3.63) is 23.8 Å². The highest BCUT2D eigenvalue weighted by Gasteiger charge is 2.17. The Kier molecular flexibility index (Phi) is 6.31. The van der Waals surface area contributed by atoms with E-state index in [0.29, 0.717) is 18.9 Å². The van der Waals surface area contributed by atoms with E-state index in [0.717, 1.165) is 11.3 Å². The highest BCUT2D eigenvalue weighted by molar-refractivity contribution is 5.80. The Labute approximate surface area is 120 Å². The van der Waals surface area contributed by atoms with Crippen molar-refractivity contribution in [1.29, 1.82) is 0 Å². The molecule has 0 radical (unpaired) electrons. The van der Waals surface area contributed by atoms with Gasteiger partial charge in [-0.3, -0.25) is 9.69 Å². The van der Waals surface area contributed by atoms with Crippen molar-refractivity contribution in [2.45, 2.75) is 26.4 Å². The minimum Gasteiger partial charge on any atom is -0.493 e. The quantitative estimate of drug-likeness (QED) is 0.825. The van der Waals surface area contributed by atoms with Gasteiger partial charge in [0, 0.05) is 13.6 Å². The van der Waals surface area contributed by atoms with Gasteiger partial charge in [-0.15, -0.1) is 0 Å². The van der Waals surface area contributed by atoms with Crippen LogP contribution < -0.4 is 14.8 Å². The normalized spacial score (nSPS) is 12.1. The molecule has 5 nitrogen and oxygen atoms in total. The van der Waals surface area contributed by atoms with Gasteiger partial charge in [0.2, 0.25) is 5.91 Å². The topological polar surface area (TPSA) is 50.8 Å². The van der Waals surface area contributed by atoms with Crippen molar-refractivity contribution in [2.24, 2.45) is 0 Å². The molecule has 0 aliphatic rings. The molecule has 0 bridgehead atoms. The number of rotatable bonds is 7. The van der Waals surface area contributed by atoms with Gasteiger partial charge >= 0.3 is 0 Å². The summed E-state index contributed by atoms with van der Waals surface area (Å²) in [4.78, 5) is 13.6. The van der Waals surface area contributed by atoms with E-state index >= 15 is 0 Å². The lowest BCUT2D eigenvalue weighted by Crippen LogP contribution is -2.41. The number of likely N-dealkylation sites (N-methyl/N-ethyl adjacent to an activating group) is 2. The molecular formula is C15H24N2O3. The van der Waals surface area contributed by atoms with E-state index in [4.69, 9.17) is 9.47 Å². The summed E-state index contributed by atoms with van der Waals surface area (Å²) in [5, 5.41) is 2.65. The van der Waals surface area contributed by atoms with Gasteiger partial charge in [-0.25, -0.2) is 0 Å². The SMILES string of the molecule is CCOc1ccc(CN(C)[C@@H](C)C(=O)NC)cc1OC. The Balaban J connectivity index is 2.80. The molecule has 0 fully saturated rings. The van der Waals surface area contributed by atoms with Crippen LogP contribution in [0.2, 0.25) is 0 Å². The zero-order chi connectivity index (χ0) is 15.1. The van der Waals surface area contributed by atoms with Crippen molar-refractivity contribution in [2.75, 3.05) is 27.8 Å². The zero-order valence-corrected chi connectivity index (χ0v) is 12.9. The van der Waals surface area contributed by atoms with Crippen LogP contribution >= 0.6 is 0 Å². The average molecular weight is 280 g/mol. The largest absolute Gasteiger partial charge is 0.493 e. The molecule has 0 aromatic heterocycles. The fourth-order valence-corrected chi connectivity index (χ4v) is 1.92. The molecule has 0 spiro atoms. The first-order valence-electron chi connectivity index (χ1n) is 6.75. The predicted molar refractivity (Wildman–Crippen MR) is 79.2 cm³/mol. The van der Waals surface area contributed by atoms with E-state index in [-0.39, 0.29) is 11.9 Å². The first-order chi connectivity index (χ1) is 9.53. The lowest BCUT2D eigenvalue weighted by Gasteiger charge is -2.23. The summed E-state index contributed by atoms with van der Waals surface area (Å²) in [5.74, 6) is 1.46. The highest BCUT2D eigenvalue weighted by Crippen LogP contribution is 2.28. The highest BCUT2D eigenvalue weighted by atomic mass is 16.5. The van der Waals surface area contributed by atoms with Gasteiger partial charge in [0.1, 0.15) is 0 Å². The van der Waals surface area contributed by atoms with Crippen LogP contribution in [-0.4, -0.2) is 44.7 Å². The predicted octanol–water partition coefficient (Wildman–Crippen LogP) is 1.66. The summed E-state index contributed by atoms with van der Waals surface area (Å²) in [5.41, 5.74) is 1.07.